The van der Waals surface area contributed by atoms with Gasteiger partial charge in [-0.05, 0) is 47.9 Å². The van der Waals surface area contributed by atoms with E-state index in [2.05, 4.69) is 27.7 Å². The Morgan fingerprint density at radius 3 is 2.22 bits per heavy atom. The van der Waals surface area contributed by atoms with E-state index in [1.165, 1.54) is 0 Å². The minimum atomic E-state index is 0.174. The van der Waals surface area contributed by atoms with E-state index in [1.807, 2.05) is 47.4 Å². The molecule has 1 amide bonds. The zero-order chi connectivity index (χ0) is 23.7. The number of carbonyl (C=O) groups is 1. The summed E-state index contributed by atoms with van der Waals surface area (Å²) in [6.45, 7) is 9.97. The van der Waals surface area contributed by atoms with Crippen LogP contribution in [0.1, 0.15) is 51.7 Å². The molecule has 2 rings (SSSR count). The molecule has 0 saturated carbocycles. The second kappa shape index (κ2) is 11.8. The van der Waals surface area contributed by atoms with Crippen LogP contribution in [0.15, 0.2) is 42.5 Å². The van der Waals surface area contributed by atoms with Crippen LogP contribution in [0, 0.1) is 11.3 Å². The number of rotatable bonds is 11. The lowest BCUT2D eigenvalue weighted by molar-refractivity contribution is -0.132. The van der Waals surface area contributed by atoms with Crippen molar-refractivity contribution in [2.24, 2.45) is 11.3 Å². The summed E-state index contributed by atoms with van der Waals surface area (Å²) in [5.74, 6) is 2.71. The highest BCUT2D eigenvalue weighted by molar-refractivity contribution is 5.76. The van der Waals surface area contributed by atoms with Crippen LogP contribution < -0.4 is 14.2 Å². The molecule has 0 aliphatic carbocycles. The van der Waals surface area contributed by atoms with Crippen molar-refractivity contribution in [3.8, 4) is 17.2 Å². The first kappa shape index (κ1) is 25.6. The zero-order valence-corrected chi connectivity index (χ0v) is 20.7. The minimum absolute atomic E-state index is 0.174. The van der Waals surface area contributed by atoms with Crippen LogP contribution in [-0.2, 0) is 17.8 Å². The molecule has 0 N–H and O–H groups in total. The van der Waals surface area contributed by atoms with Gasteiger partial charge in [0.15, 0.2) is 11.5 Å². The summed E-state index contributed by atoms with van der Waals surface area (Å²) in [4.78, 5) is 15.3. The highest BCUT2D eigenvalue weighted by Crippen LogP contribution is 2.29. The molecule has 0 bridgehead atoms. The number of nitrogens with zero attached hydrogens (tertiary/aromatic N) is 1. The Hall–Kier alpha value is -2.69. The maximum absolute atomic E-state index is 13.3. The molecule has 5 nitrogen and oxygen atoms in total. The van der Waals surface area contributed by atoms with Crippen molar-refractivity contribution in [3.05, 3.63) is 53.6 Å². The zero-order valence-electron chi connectivity index (χ0n) is 20.7. The van der Waals surface area contributed by atoms with Crippen LogP contribution in [0.2, 0.25) is 0 Å². The normalized spacial score (nSPS) is 12.2. The molecular weight excluding hydrogens is 402 g/mol. The van der Waals surface area contributed by atoms with E-state index in [1.54, 1.807) is 21.3 Å². The lowest BCUT2D eigenvalue weighted by atomic mass is 9.84. The fraction of sp³-hybridized carbons (Fsp3) is 0.519. The van der Waals surface area contributed by atoms with Gasteiger partial charge in [0.05, 0.1) is 21.3 Å². The van der Waals surface area contributed by atoms with Crippen LogP contribution in [0.4, 0.5) is 0 Å². The van der Waals surface area contributed by atoms with E-state index in [0.29, 0.717) is 36.9 Å². The molecule has 0 aliphatic rings. The fourth-order valence-corrected chi connectivity index (χ4v) is 4.18. The third kappa shape index (κ3) is 7.77. The van der Waals surface area contributed by atoms with Crippen molar-refractivity contribution >= 4 is 5.91 Å². The maximum atomic E-state index is 13.3. The summed E-state index contributed by atoms with van der Waals surface area (Å²) in [5.41, 5.74) is 2.31. The SMILES string of the molecule is COc1ccccc1CN(CCc1ccc(OC)c(OC)c1)C(=O)CC(C)CC(C)(C)C. The van der Waals surface area contributed by atoms with Crippen molar-refractivity contribution < 1.29 is 19.0 Å². The van der Waals surface area contributed by atoms with Crippen LogP contribution in [0.5, 0.6) is 17.2 Å². The van der Waals surface area contributed by atoms with Gasteiger partial charge in [0, 0.05) is 25.1 Å². The summed E-state index contributed by atoms with van der Waals surface area (Å²) in [5, 5.41) is 0. The minimum Gasteiger partial charge on any atom is -0.496 e. The Morgan fingerprint density at radius 2 is 1.59 bits per heavy atom. The van der Waals surface area contributed by atoms with E-state index < -0.39 is 0 Å². The van der Waals surface area contributed by atoms with Crippen molar-refractivity contribution in [3.63, 3.8) is 0 Å². The number of hydrogen-bond acceptors (Lipinski definition) is 4. The van der Waals surface area contributed by atoms with Gasteiger partial charge < -0.3 is 19.1 Å². The molecule has 0 fully saturated rings. The number of carbonyl (C=O) groups excluding carboxylic acids is 1. The fourth-order valence-electron chi connectivity index (χ4n) is 4.18. The first-order valence-electron chi connectivity index (χ1n) is 11.3. The molecule has 1 unspecified atom stereocenters. The first-order valence-corrected chi connectivity index (χ1v) is 11.3. The topological polar surface area (TPSA) is 48.0 Å². The molecule has 0 aromatic heterocycles. The summed E-state index contributed by atoms with van der Waals surface area (Å²) < 4.78 is 16.3. The van der Waals surface area contributed by atoms with Gasteiger partial charge in [-0.1, -0.05) is 52.0 Å². The molecule has 0 aliphatic heterocycles. The average Bonchev–Trinajstić information content (AvgIpc) is 2.75. The Balaban J connectivity index is 2.18. The predicted octanol–water partition coefficient (Wildman–Crippen LogP) is 5.75. The van der Waals surface area contributed by atoms with Crippen LogP contribution in [0.25, 0.3) is 0 Å². The lowest BCUT2D eigenvalue weighted by Gasteiger charge is -2.28. The van der Waals surface area contributed by atoms with Gasteiger partial charge in [0.2, 0.25) is 5.91 Å². The summed E-state index contributed by atoms with van der Waals surface area (Å²) in [6.07, 6.45) is 2.28. The van der Waals surface area contributed by atoms with Gasteiger partial charge in [0.25, 0.3) is 0 Å². The smallest absolute Gasteiger partial charge is 0.223 e. The second-order valence-corrected chi connectivity index (χ2v) is 9.64. The molecule has 5 heteroatoms. The van der Waals surface area contributed by atoms with Crippen molar-refractivity contribution in [1.82, 2.24) is 4.90 Å². The van der Waals surface area contributed by atoms with Crippen molar-refractivity contribution in [1.29, 1.82) is 0 Å². The maximum Gasteiger partial charge on any atom is 0.223 e. The molecular formula is C27H39NO4. The van der Waals surface area contributed by atoms with Crippen LogP contribution >= 0.6 is 0 Å². The van der Waals surface area contributed by atoms with Crippen LogP contribution in [-0.4, -0.2) is 38.7 Å². The van der Waals surface area contributed by atoms with E-state index in [9.17, 15) is 4.79 Å². The number of hydrogen-bond donors (Lipinski definition) is 0. The number of methoxy groups -OCH3 is 3. The lowest BCUT2D eigenvalue weighted by Crippen LogP contribution is -2.34. The van der Waals surface area contributed by atoms with Crippen LogP contribution in [0.3, 0.4) is 0 Å². The number of para-hydroxylation sites is 1. The molecule has 0 spiro atoms. The van der Waals surface area contributed by atoms with Gasteiger partial charge in [-0.15, -0.1) is 0 Å². The number of amides is 1. The number of benzene rings is 2. The van der Waals surface area contributed by atoms with Gasteiger partial charge >= 0.3 is 0 Å². The largest absolute Gasteiger partial charge is 0.496 e. The Bertz CT molecular complexity index is 872. The third-order valence-corrected chi connectivity index (χ3v) is 5.51. The molecule has 1 atom stereocenters. The van der Waals surface area contributed by atoms with Crippen molar-refractivity contribution in [2.45, 2.75) is 53.5 Å². The Morgan fingerprint density at radius 1 is 0.938 bits per heavy atom. The molecule has 32 heavy (non-hydrogen) atoms. The van der Waals surface area contributed by atoms with E-state index in [4.69, 9.17) is 14.2 Å². The summed E-state index contributed by atoms with van der Waals surface area (Å²) >= 11 is 0. The average molecular weight is 442 g/mol. The molecule has 176 valence electrons. The highest BCUT2D eigenvalue weighted by Gasteiger charge is 2.22. The van der Waals surface area contributed by atoms with Gasteiger partial charge in [-0.2, -0.15) is 0 Å². The molecule has 0 radical (unpaired) electrons. The molecule has 2 aromatic rings. The number of ether oxygens (including phenoxy) is 3. The molecule has 0 heterocycles. The highest BCUT2D eigenvalue weighted by atomic mass is 16.5. The first-order chi connectivity index (χ1) is 15.2. The summed E-state index contributed by atoms with van der Waals surface area (Å²) in [6, 6.07) is 13.8. The third-order valence-electron chi connectivity index (χ3n) is 5.51. The van der Waals surface area contributed by atoms with Gasteiger partial charge in [-0.25, -0.2) is 0 Å². The Kier molecular flexibility index (Phi) is 9.42. The van der Waals surface area contributed by atoms with Gasteiger partial charge in [0.1, 0.15) is 5.75 Å². The summed E-state index contributed by atoms with van der Waals surface area (Å²) in [7, 11) is 4.93. The van der Waals surface area contributed by atoms with Gasteiger partial charge in [-0.3, -0.25) is 4.79 Å². The molecule has 0 saturated heterocycles. The molecule has 2 aromatic carbocycles. The quantitative estimate of drug-likeness (QED) is 0.446. The standard InChI is InChI=1S/C27H39NO4/c1-20(18-27(2,3)4)16-26(29)28(19-22-10-8-9-11-23(22)30-5)15-14-21-12-13-24(31-6)25(17-21)32-7/h8-13,17,20H,14-16,18-19H2,1-7H3. The Labute approximate surface area is 193 Å². The van der Waals surface area contributed by atoms with Crippen molar-refractivity contribution in [2.75, 3.05) is 27.9 Å². The van der Waals surface area contributed by atoms with E-state index >= 15 is 0 Å². The second-order valence-electron chi connectivity index (χ2n) is 9.64. The van der Waals surface area contributed by atoms with E-state index in [-0.39, 0.29) is 11.3 Å². The predicted molar refractivity (Wildman–Crippen MR) is 130 cm³/mol. The van der Waals surface area contributed by atoms with E-state index in [0.717, 1.165) is 29.7 Å². The monoisotopic (exact) mass is 441 g/mol.